The van der Waals surface area contributed by atoms with Crippen LogP contribution < -0.4 is 21.7 Å². The first-order valence-corrected chi connectivity index (χ1v) is 14.3. The third-order valence-corrected chi connectivity index (χ3v) is 6.38. The number of rotatable bonds is 18. The van der Waals surface area contributed by atoms with Crippen molar-refractivity contribution in [2.45, 2.75) is 49.9 Å². The molecule has 33 heavy (non-hydrogen) atoms. The second-order valence-corrected chi connectivity index (χ2v) is 10.0. The van der Waals surface area contributed by atoms with Crippen molar-refractivity contribution < 1.29 is 34.2 Å². The van der Waals surface area contributed by atoms with Crippen molar-refractivity contribution in [3.8, 4) is 0 Å². The molecular weight excluding hydrogens is 492 g/mol. The predicted octanol–water partition coefficient (Wildman–Crippen LogP) is -0.413. The van der Waals surface area contributed by atoms with Gasteiger partial charge in [0.25, 0.3) is 0 Å². The molecule has 0 saturated carbocycles. The summed E-state index contributed by atoms with van der Waals surface area (Å²) >= 11 is 4.36. The molecule has 0 aliphatic rings. The molecule has 0 spiro atoms. The second kappa shape index (κ2) is 17.8. The van der Waals surface area contributed by atoms with E-state index in [1.165, 1.54) is 35.3 Å². The Bertz CT molecular complexity index is 669. The van der Waals surface area contributed by atoms with Gasteiger partial charge in [0.1, 0.15) is 18.1 Å². The van der Waals surface area contributed by atoms with Gasteiger partial charge in [-0.25, -0.2) is 4.79 Å². The van der Waals surface area contributed by atoms with Crippen molar-refractivity contribution in [2.75, 3.05) is 36.0 Å². The number of thioether (sulfide) groups is 3. The summed E-state index contributed by atoms with van der Waals surface area (Å²) in [4.78, 5) is 60.2. The fourth-order valence-corrected chi connectivity index (χ4v) is 4.02. The fraction of sp³-hybridized carbons (Fsp3) is 0.737. The number of hydrogen-bond acceptors (Lipinski definition) is 9. The fourth-order valence-electron chi connectivity index (χ4n) is 2.61. The molecule has 0 saturated heterocycles. The van der Waals surface area contributed by atoms with Crippen LogP contribution in [0, 0.1) is 0 Å². The maximum Gasteiger partial charge on any atom is 0.326 e. The molecule has 3 amide bonds. The lowest BCUT2D eigenvalue weighted by Crippen LogP contribution is -2.57. The van der Waals surface area contributed by atoms with Crippen LogP contribution in [0.3, 0.4) is 0 Å². The minimum absolute atomic E-state index is 0.235. The van der Waals surface area contributed by atoms with E-state index >= 15 is 0 Å². The molecule has 0 radical (unpaired) electrons. The van der Waals surface area contributed by atoms with Crippen molar-refractivity contribution >= 4 is 64.9 Å². The molecule has 0 aliphatic carbocycles. The summed E-state index contributed by atoms with van der Waals surface area (Å²) in [6.07, 6.45) is 5.63. The second-order valence-electron chi connectivity index (χ2n) is 7.07. The zero-order valence-corrected chi connectivity index (χ0v) is 21.4. The Labute approximate surface area is 206 Å². The summed E-state index contributed by atoms with van der Waals surface area (Å²) in [5, 5.41) is 25.7. The first-order chi connectivity index (χ1) is 15.6. The number of nitrogens with two attached hydrogens (primary N) is 1. The number of carboxylic acid groups (broad SMARTS) is 2. The standard InChI is InChI=1S/C19H34N4O7S3/c1-31-7-4-12(21-16(26)11(20)10-15(24)25)17(27)22-13(5-8-32-2)18(28)23-14(19(29)30)6-9-33-3/h11-14H,4-10,20H2,1-3H3,(H,21,26)(H,22,27)(H,23,28)(H,24,25)(H,29,30). The molecule has 0 aliphatic heterocycles. The molecule has 0 heterocycles. The molecule has 0 fully saturated rings. The van der Waals surface area contributed by atoms with Crippen LogP contribution in [0.25, 0.3) is 0 Å². The molecule has 190 valence electrons. The number of aliphatic carboxylic acids is 2. The first-order valence-electron chi connectivity index (χ1n) is 10.1. The van der Waals surface area contributed by atoms with E-state index in [9.17, 15) is 29.1 Å². The Kier molecular flexibility index (Phi) is 16.9. The third kappa shape index (κ3) is 13.6. The van der Waals surface area contributed by atoms with E-state index in [0.717, 1.165) is 0 Å². The van der Waals surface area contributed by atoms with E-state index in [1.807, 2.05) is 18.8 Å². The average Bonchev–Trinajstić information content (AvgIpc) is 2.75. The SMILES string of the molecule is CSCCC(NC(=O)C(CCSC)NC(=O)C(CCSC)NC(=O)C(N)CC(=O)O)C(=O)O. The molecule has 4 unspecified atom stereocenters. The molecule has 7 N–H and O–H groups in total. The Hall–Kier alpha value is -1.64. The van der Waals surface area contributed by atoms with Crippen LogP contribution >= 0.6 is 35.3 Å². The predicted molar refractivity (Wildman–Crippen MR) is 133 cm³/mol. The normalized spacial score (nSPS) is 14.4. The van der Waals surface area contributed by atoms with Crippen molar-refractivity contribution in [3.63, 3.8) is 0 Å². The molecule has 4 atom stereocenters. The summed E-state index contributed by atoms with van der Waals surface area (Å²) in [5.41, 5.74) is 5.58. The van der Waals surface area contributed by atoms with Gasteiger partial charge in [0.05, 0.1) is 12.5 Å². The highest BCUT2D eigenvalue weighted by atomic mass is 32.2. The molecule has 0 aromatic carbocycles. The van der Waals surface area contributed by atoms with E-state index in [0.29, 0.717) is 17.3 Å². The quantitative estimate of drug-likeness (QED) is 0.136. The minimum atomic E-state index is -1.32. The van der Waals surface area contributed by atoms with Gasteiger partial charge < -0.3 is 31.9 Å². The zero-order valence-electron chi connectivity index (χ0n) is 19.0. The van der Waals surface area contributed by atoms with E-state index in [4.69, 9.17) is 10.8 Å². The van der Waals surface area contributed by atoms with Gasteiger partial charge in [-0.15, -0.1) is 0 Å². The van der Waals surface area contributed by atoms with Gasteiger partial charge in [0, 0.05) is 0 Å². The topological polar surface area (TPSA) is 188 Å². The number of hydrogen-bond donors (Lipinski definition) is 6. The van der Waals surface area contributed by atoms with Crippen molar-refractivity contribution in [1.82, 2.24) is 16.0 Å². The van der Waals surface area contributed by atoms with Crippen LogP contribution in [0.15, 0.2) is 0 Å². The summed E-state index contributed by atoms with van der Waals surface area (Å²) in [6, 6.07) is -4.43. The maximum atomic E-state index is 12.9. The molecular formula is C19H34N4O7S3. The van der Waals surface area contributed by atoms with E-state index in [-0.39, 0.29) is 19.3 Å². The van der Waals surface area contributed by atoms with Gasteiger partial charge in [0.15, 0.2) is 0 Å². The summed E-state index contributed by atoms with van der Waals surface area (Å²) in [6.45, 7) is 0. The average molecular weight is 527 g/mol. The minimum Gasteiger partial charge on any atom is -0.481 e. The zero-order chi connectivity index (χ0) is 25.4. The Morgan fingerprint density at radius 2 is 1.06 bits per heavy atom. The van der Waals surface area contributed by atoms with Gasteiger partial charge in [-0.2, -0.15) is 35.3 Å². The molecule has 0 aromatic heterocycles. The van der Waals surface area contributed by atoms with Crippen LogP contribution in [0.5, 0.6) is 0 Å². The number of carbonyl (C=O) groups is 5. The lowest BCUT2D eigenvalue weighted by molar-refractivity contribution is -0.142. The van der Waals surface area contributed by atoms with Crippen LogP contribution in [-0.2, 0) is 24.0 Å². The highest BCUT2D eigenvalue weighted by Gasteiger charge is 2.30. The smallest absolute Gasteiger partial charge is 0.326 e. The molecule has 11 nitrogen and oxygen atoms in total. The van der Waals surface area contributed by atoms with Gasteiger partial charge in [-0.1, -0.05) is 0 Å². The van der Waals surface area contributed by atoms with Crippen LogP contribution in [-0.4, -0.2) is 100 Å². The van der Waals surface area contributed by atoms with E-state index < -0.39 is 60.2 Å². The third-order valence-electron chi connectivity index (χ3n) is 4.44. The summed E-state index contributed by atoms with van der Waals surface area (Å²) in [5.74, 6) is -2.85. The number of carboxylic acids is 2. The van der Waals surface area contributed by atoms with Crippen molar-refractivity contribution in [3.05, 3.63) is 0 Å². The van der Waals surface area contributed by atoms with E-state index in [1.54, 1.807) is 0 Å². The van der Waals surface area contributed by atoms with Crippen LogP contribution in [0.2, 0.25) is 0 Å². The number of nitrogens with one attached hydrogen (secondary N) is 3. The Morgan fingerprint density at radius 3 is 1.42 bits per heavy atom. The number of amides is 3. The molecule has 0 rings (SSSR count). The molecule has 14 heteroatoms. The van der Waals surface area contributed by atoms with Gasteiger partial charge >= 0.3 is 11.9 Å². The summed E-state index contributed by atoms with van der Waals surface area (Å²) < 4.78 is 0. The van der Waals surface area contributed by atoms with Crippen molar-refractivity contribution in [2.24, 2.45) is 5.73 Å². The Morgan fingerprint density at radius 1 is 0.697 bits per heavy atom. The largest absolute Gasteiger partial charge is 0.481 e. The Balaban J connectivity index is 5.38. The summed E-state index contributed by atoms with van der Waals surface area (Å²) in [7, 11) is 0. The molecule has 0 aromatic rings. The maximum absolute atomic E-state index is 12.9. The highest BCUT2D eigenvalue weighted by molar-refractivity contribution is 7.98. The highest BCUT2D eigenvalue weighted by Crippen LogP contribution is 2.07. The van der Waals surface area contributed by atoms with Gasteiger partial charge in [-0.3, -0.25) is 19.2 Å². The van der Waals surface area contributed by atoms with Gasteiger partial charge in [0.2, 0.25) is 17.7 Å². The number of carbonyl (C=O) groups excluding carboxylic acids is 3. The molecule has 0 bridgehead atoms. The van der Waals surface area contributed by atoms with Crippen LogP contribution in [0.1, 0.15) is 25.7 Å². The van der Waals surface area contributed by atoms with Gasteiger partial charge in [-0.05, 0) is 55.3 Å². The lowest BCUT2D eigenvalue weighted by atomic mass is 10.1. The van der Waals surface area contributed by atoms with Crippen molar-refractivity contribution in [1.29, 1.82) is 0 Å². The lowest BCUT2D eigenvalue weighted by Gasteiger charge is -2.25. The van der Waals surface area contributed by atoms with Crippen LogP contribution in [0.4, 0.5) is 0 Å². The monoisotopic (exact) mass is 526 g/mol. The first kappa shape index (κ1) is 31.4. The van der Waals surface area contributed by atoms with E-state index in [2.05, 4.69) is 16.0 Å².